The summed E-state index contributed by atoms with van der Waals surface area (Å²) in [5, 5.41) is 2.28. The minimum absolute atomic E-state index is 0.169. The number of hydrogen-bond donors (Lipinski definition) is 1. The number of carbonyl (C=O) groups excluding carboxylic acids is 3. The minimum atomic E-state index is -0.737. The van der Waals surface area contributed by atoms with E-state index in [0.29, 0.717) is 44.0 Å². The number of piperazine rings is 1. The largest absolute Gasteiger partial charge is 0.369 e. The van der Waals surface area contributed by atoms with Crippen molar-refractivity contribution < 1.29 is 23.2 Å². The second-order valence-electron chi connectivity index (χ2n) is 8.58. The molecule has 5 rings (SSSR count). The fraction of sp³-hybridized carbons (Fsp3) is 0.391. The van der Waals surface area contributed by atoms with Gasteiger partial charge in [0, 0.05) is 62.5 Å². The Kier molecular flexibility index (Phi) is 5.53. The van der Waals surface area contributed by atoms with E-state index in [9.17, 15) is 23.2 Å². The first-order chi connectivity index (χ1) is 15.9. The molecule has 2 aromatic rings. The molecule has 0 spiro atoms. The van der Waals surface area contributed by atoms with E-state index < -0.39 is 17.8 Å². The van der Waals surface area contributed by atoms with Gasteiger partial charge < -0.3 is 9.80 Å². The fourth-order valence-corrected chi connectivity index (χ4v) is 4.77. The Bertz CT molecular complexity index is 1120. The Morgan fingerprint density at radius 1 is 1.03 bits per heavy atom. The monoisotopic (exact) mass is 455 g/mol. The third-order valence-electron chi connectivity index (χ3n) is 6.48. The van der Waals surface area contributed by atoms with Crippen molar-refractivity contribution >= 4 is 23.4 Å². The molecule has 4 heterocycles. The van der Waals surface area contributed by atoms with Crippen LogP contribution in [0.1, 0.15) is 34.5 Å². The predicted octanol–water partition coefficient (Wildman–Crippen LogP) is 1.44. The van der Waals surface area contributed by atoms with Crippen molar-refractivity contribution in [2.24, 2.45) is 0 Å². The van der Waals surface area contributed by atoms with Gasteiger partial charge in [-0.15, -0.1) is 0 Å². The SMILES string of the molecule is O=C1CCC(N2Cc3c(cc(F)cc3N3CCN(Cc4ccc(F)cn4)CC3)C2=O)C(=O)N1. The van der Waals surface area contributed by atoms with Crippen molar-refractivity contribution in [2.75, 3.05) is 31.1 Å². The van der Waals surface area contributed by atoms with Crippen LogP contribution in [-0.4, -0.2) is 64.7 Å². The number of benzene rings is 1. The third kappa shape index (κ3) is 4.18. The molecule has 8 nitrogen and oxygen atoms in total. The molecule has 10 heteroatoms. The molecule has 172 valence electrons. The average molecular weight is 455 g/mol. The zero-order valence-corrected chi connectivity index (χ0v) is 17.9. The van der Waals surface area contributed by atoms with Gasteiger partial charge in [-0.25, -0.2) is 8.78 Å². The van der Waals surface area contributed by atoms with Crippen LogP contribution < -0.4 is 10.2 Å². The van der Waals surface area contributed by atoms with Gasteiger partial charge >= 0.3 is 0 Å². The van der Waals surface area contributed by atoms with Crippen LogP contribution in [0.15, 0.2) is 30.5 Å². The number of pyridine rings is 1. The normalized spacial score (nSPS) is 21.4. The van der Waals surface area contributed by atoms with Crippen molar-refractivity contribution in [3.63, 3.8) is 0 Å². The maximum atomic E-state index is 14.5. The number of halogens is 2. The van der Waals surface area contributed by atoms with Gasteiger partial charge in [-0.1, -0.05) is 0 Å². The Morgan fingerprint density at radius 2 is 1.82 bits per heavy atom. The molecular formula is C23H23F2N5O3. The number of amides is 3. The van der Waals surface area contributed by atoms with E-state index in [0.717, 1.165) is 5.69 Å². The van der Waals surface area contributed by atoms with Crippen LogP contribution in [0.3, 0.4) is 0 Å². The first kappa shape index (κ1) is 21.4. The summed E-state index contributed by atoms with van der Waals surface area (Å²) in [6.07, 6.45) is 1.63. The lowest BCUT2D eigenvalue weighted by Gasteiger charge is -2.37. The summed E-state index contributed by atoms with van der Waals surface area (Å²) in [6, 6.07) is 4.98. The number of imide groups is 1. The maximum absolute atomic E-state index is 14.5. The van der Waals surface area contributed by atoms with Crippen molar-refractivity contribution in [1.82, 2.24) is 20.1 Å². The topological polar surface area (TPSA) is 85.9 Å². The van der Waals surface area contributed by atoms with Crippen LogP contribution in [0, 0.1) is 11.6 Å². The first-order valence-electron chi connectivity index (χ1n) is 10.9. The number of fused-ring (bicyclic) bond motifs is 1. The molecule has 0 bridgehead atoms. The molecule has 3 aliphatic heterocycles. The number of piperidine rings is 1. The van der Waals surface area contributed by atoms with Crippen LogP contribution in [0.25, 0.3) is 0 Å². The highest BCUT2D eigenvalue weighted by atomic mass is 19.1. The van der Waals surface area contributed by atoms with Crippen molar-refractivity contribution in [3.05, 3.63) is 58.9 Å². The Morgan fingerprint density at radius 3 is 2.52 bits per heavy atom. The molecule has 0 saturated carbocycles. The van der Waals surface area contributed by atoms with Gasteiger partial charge in [0.1, 0.15) is 17.7 Å². The van der Waals surface area contributed by atoms with Gasteiger partial charge in [0.15, 0.2) is 0 Å². The summed E-state index contributed by atoms with van der Waals surface area (Å²) in [7, 11) is 0. The third-order valence-corrected chi connectivity index (χ3v) is 6.48. The standard InChI is InChI=1S/C23H23F2N5O3/c24-14-1-2-16(26-11-14)12-28-5-7-29(8-6-28)20-10-15(25)9-17-18(20)13-30(23(17)33)19-3-4-21(31)27-22(19)32/h1-2,9-11,19H,3-8,12-13H2,(H,27,31,32). The van der Waals surface area contributed by atoms with E-state index in [1.165, 1.54) is 29.3 Å². The number of hydrogen-bond acceptors (Lipinski definition) is 6. The van der Waals surface area contributed by atoms with Gasteiger partial charge in [0.25, 0.3) is 5.91 Å². The molecule has 3 aliphatic rings. The summed E-state index contributed by atoms with van der Waals surface area (Å²) in [5.41, 5.74) is 2.42. The number of nitrogens with zero attached hydrogens (tertiary/aromatic N) is 4. The molecule has 2 saturated heterocycles. The summed E-state index contributed by atoms with van der Waals surface area (Å²) in [6.45, 7) is 3.46. The quantitative estimate of drug-likeness (QED) is 0.703. The van der Waals surface area contributed by atoms with E-state index in [2.05, 4.69) is 20.1 Å². The lowest BCUT2D eigenvalue weighted by molar-refractivity contribution is -0.136. The smallest absolute Gasteiger partial charge is 0.255 e. The number of nitrogens with one attached hydrogen (secondary N) is 1. The predicted molar refractivity (Wildman–Crippen MR) is 114 cm³/mol. The Hall–Kier alpha value is -3.40. The molecule has 0 aliphatic carbocycles. The lowest BCUT2D eigenvalue weighted by atomic mass is 10.0. The summed E-state index contributed by atoms with van der Waals surface area (Å²) < 4.78 is 27.6. The minimum Gasteiger partial charge on any atom is -0.369 e. The lowest BCUT2D eigenvalue weighted by Crippen LogP contribution is -2.52. The van der Waals surface area contributed by atoms with Gasteiger partial charge in [0.05, 0.1) is 11.9 Å². The molecule has 3 amide bonds. The van der Waals surface area contributed by atoms with Gasteiger partial charge in [-0.05, 0) is 30.7 Å². The molecular weight excluding hydrogens is 432 g/mol. The highest BCUT2D eigenvalue weighted by Crippen LogP contribution is 2.35. The zero-order valence-electron chi connectivity index (χ0n) is 17.9. The van der Waals surface area contributed by atoms with E-state index in [1.54, 1.807) is 6.07 Å². The molecule has 1 atom stereocenters. The number of anilines is 1. The molecule has 1 N–H and O–H groups in total. The Balaban J connectivity index is 1.31. The van der Waals surface area contributed by atoms with Crippen LogP contribution in [-0.2, 0) is 22.7 Å². The van der Waals surface area contributed by atoms with E-state index in [4.69, 9.17) is 0 Å². The molecule has 33 heavy (non-hydrogen) atoms. The first-order valence-corrected chi connectivity index (χ1v) is 10.9. The molecule has 1 aromatic heterocycles. The van der Waals surface area contributed by atoms with Crippen LogP contribution in [0.4, 0.5) is 14.5 Å². The average Bonchev–Trinajstić information content (AvgIpc) is 3.11. The summed E-state index contributed by atoms with van der Waals surface area (Å²) >= 11 is 0. The van der Waals surface area contributed by atoms with Gasteiger partial charge in [0.2, 0.25) is 11.8 Å². The molecule has 0 radical (unpaired) electrons. The highest BCUT2D eigenvalue weighted by Gasteiger charge is 2.41. The Labute approximate surface area is 189 Å². The number of rotatable bonds is 4. The van der Waals surface area contributed by atoms with E-state index in [-0.39, 0.29) is 42.6 Å². The second-order valence-corrected chi connectivity index (χ2v) is 8.58. The van der Waals surface area contributed by atoms with Crippen molar-refractivity contribution in [3.8, 4) is 0 Å². The van der Waals surface area contributed by atoms with Crippen molar-refractivity contribution in [2.45, 2.75) is 32.0 Å². The number of carbonyl (C=O) groups is 3. The molecule has 2 fully saturated rings. The van der Waals surface area contributed by atoms with Crippen LogP contribution >= 0.6 is 0 Å². The molecule has 1 unspecified atom stereocenters. The highest BCUT2D eigenvalue weighted by molar-refractivity contribution is 6.06. The number of aromatic nitrogens is 1. The van der Waals surface area contributed by atoms with E-state index >= 15 is 0 Å². The fourth-order valence-electron chi connectivity index (χ4n) is 4.77. The van der Waals surface area contributed by atoms with Gasteiger partial charge in [-0.2, -0.15) is 0 Å². The summed E-state index contributed by atoms with van der Waals surface area (Å²) in [5.74, 6) is -2.09. The van der Waals surface area contributed by atoms with E-state index in [1.807, 2.05) is 0 Å². The summed E-state index contributed by atoms with van der Waals surface area (Å²) in [4.78, 5) is 46.6. The van der Waals surface area contributed by atoms with Crippen LogP contribution in [0.5, 0.6) is 0 Å². The van der Waals surface area contributed by atoms with Gasteiger partial charge in [-0.3, -0.25) is 29.6 Å². The zero-order chi connectivity index (χ0) is 23.1. The van der Waals surface area contributed by atoms with Crippen LogP contribution in [0.2, 0.25) is 0 Å². The maximum Gasteiger partial charge on any atom is 0.255 e. The second kappa shape index (κ2) is 8.51. The van der Waals surface area contributed by atoms with Crippen molar-refractivity contribution in [1.29, 1.82) is 0 Å². The molecule has 1 aromatic carbocycles.